The summed E-state index contributed by atoms with van der Waals surface area (Å²) in [4.78, 5) is 12.5. The fourth-order valence-electron chi connectivity index (χ4n) is 2.17. The van der Waals surface area contributed by atoms with Crippen LogP contribution >= 0.6 is 11.6 Å². The summed E-state index contributed by atoms with van der Waals surface area (Å²) in [6.45, 7) is 0. The lowest BCUT2D eigenvalue weighted by atomic mass is 10.2. The minimum Gasteiger partial charge on any atom is -0.456 e. The molecule has 0 amide bonds. The molecule has 0 bridgehead atoms. The maximum absolute atomic E-state index is 12.7. The van der Waals surface area contributed by atoms with Crippen molar-refractivity contribution >= 4 is 33.0 Å². The Kier molecular flexibility index (Phi) is 6.06. The number of nitrogens with one attached hydrogen (secondary N) is 1. The van der Waals surface area contributed by atoms with E-state index in [9.17, 15) is 31.7 Å². The number of anilines is 1. The zero-order chi connectivity index (χ0) is 21.3. The zero-order valence-corrected chi connectivity index (χ0v) is 15.9. The van der Waals surface area contributed by atoms with Crippen molar-refractivity contribution in [3.8, 4) is 11.5 Å². The lowest BCUT2D eigenvalue weighted by Gasteiger charge is -2.19. The third-order valence-corrected chi connectivity index (χ3v) is 4.20. The molecule has 2 rings (SSSR count). The first-order valence-electron chi connectivity index (χ1n) is 7.32. The van der Waals surface area contributed by atoms with Crippen LogP contribution in [0.5, 0.6) is 11.5 Å². The van der Waals surface area contributed by atoms with Crippen LogP contribution in [0.1, 0.15) is 5.56 Å². The maximum Gasteiger partial charge on any atom is 0.416 e. The number of hydrogen-bond acceptors (Lipinski definition) is 6. The molecular formula is C15H13ClF3N3O5S. The predicted octanol–water partition coefficient (Wildman–Crippen LogP) is 3.96. The molecule has 1 N–H and O–H groups in total. The molecule has 0 fully saturated rings. The molecule has 2 aromatic carbocycles. The number of hydrazine groups is 1. The highest BCUT2D eigenvalue weighted by atomic mass is 35.5. The average Bonchev–Trinajstić information content (AvgIpc) is 2.54. The predicted molar refractivity (Wildman–Crippen MR) is 96.0 cm³/mol. The van der Waals surface area contributed by atoms with E-state index in [0.29, 0.717) is 6.07 Å². The second-order valence-corrected chi connectivity index (χ2v) is 7.71. The van der Waals surface area contributed by atoms with E-state index in [4.69, 9.17) is 16.3 Å². The normalized spacial score (nSPS) is 11.9. The van der Waals surface area contributed by atoms with Gasteiger partial charge in [0.25, 0.3) is 5.69 Å². The number of nitrogens with zero attached hydrogens (tertiary/aromatic N) is 2. The van der Waals surface area contributed by atoms with Gasteiger partial charge in [-0.25, -0.2) is 8.42 Å². The summed E-state index contributed by atoms with van der Waals surface area (Å²) < 4.78 is 66.2. The van der Waals surface area contributed by atoms with Crippen LogP contribution in [-0.2, 0) is 16.2 Å². The van der Waals surface area contributed by atoms with Gasteiger partial charge in [0, 0.05) is 19.2 Å². The first-order chi connectivity index (χ1) is 12.8. The van der Waals surface area contributed by atoms with Crippen molar-refractivity contribution in [2.45, 2.75) is 6.18 Å². The highest BCUT2D eigenvalue weighted by molar-refractivity contribution is 7.88. The molecule has 0 aliphatic rings. The van der Waals surface area contributed by atoms with Crippen molar-refractivity contribution in [3.63, 3.8) is 0 Å². The van der Waals surface area contributed by atoms with Crippen LogP contribution in [0.2, 0.25) is 5.02 Å². The van der Waals surface area contributed by atoms with Gasteiger partial charge in [-0.1, -0.05) is 11.6 Å². The van der Waals surface area contributed by atoms with Gasteiger partial charge in [-0.2, -0.15) is 13.2 Å². The van der Waals surface area contributed by atoms with Gasteiger partial charge in [0.15, 0.2) is 0 Å². The summed E-state index contributed by atoms with van der Waals surface area (Å²) in [7, 11) is -2.49. The van der Waals surface area contributed by atoms with Crippen LogP contribution in [0.4, 0.5) is 24.5 Å². The highest BCUT2D eigenvalue weighted by Crippen LogP contribution is 2.38. The number of nitro groups is 1. The van der Waals surface area contributed by atoms with Crippen molar-refractivity contribution in [3.05, 3.63) is 57.1 Å². The Morgan fingerprint density at radius 3 is 2.36 bits per heavy atom. The highest BCUT2D eigenvalue weighted by Gasteiger charge is 2.31. The summed E-state index contributed by atoms with van der Waals surface area (Å²) in [5, 5.41) is 11.8. The van der Waals surface area contributed by atoms with E-state index in [1.165, 1.54) is 13.1 Å². The average molecular weight is 440 g/mol. The maximum atomic E-state index is 12.7. The van der Waals surface area contributed by atoms with E-state index >= 15 is 0 Å². The molecule has 8 nitrogen and oxygen atoms in total. The summed E-state index contributed by atoms with van der Waals surface area (Å²) in [6.07, 6.45) is -3.72. The second kappa shape index (κ2) is 7.81. The summed E-state index contributed by atoms with van der Waals surface area (Å²) in [5.74, 6) is -0.127. The Bertz CT molecular complexity index is 1010. The van der Waals surface area contributed by atoms with E-state index in [2.05, 4.69) is 4.83 Å². The van der Waals surface area contributed by atoms with E-state index < -0.39 is 32.4 Å². The fourth-order valence-corrected chi connectivity index (χ4v) is 2.99. The molecule has 0 aromatic heterocycles. The Morgan fingerprint density at radius 2 is 1.86 bits per heavy atom. The van der Waals surface area contributed by atoms with Gasteiger partial charge in [-0.05, 0) is 24.3 Å². The van der Waals surface area contributed by atoms with Gasteiger partial charge in [0.05, 0.1) is 21.8 Å². The van der Waals surface area contributed by atoms with Gasteiger partial charge in [0.2, 0.25) is 10.0 Å². The van der Waals surface area contributed by atoms with Gasteiger partial charge in [0.1, 0.15) is 17.2 Å². The lowest BCUT2D eigenvalue weighted by Crippen LogP contribution is -2.38. The van der Waals surface area contributed by atoms with E-state index in [1.807, 2.05) is 0 Å². The Labute approximate surface area is 162 Å². The quantitative estimate of drug-likeness (QED) is 0.540. The molecule has 0 aliphatic carbocycles. The summed E-state index contributed by atoms with van der Waals surface area (Å²) in [6, 6.07) is 5.85. The first kappa shape index (κ1) is 21.7. The topological polar surface area (TPSA) is 102 Å². The molecule has 13 heteroatoms. The van der Waals surface area contributed by atoms with E-state index in [-0.39, 0.29) is 22.2 Å². The Balaban J connectivity index is 2.40. The molecular weight excluding hydrogens is 427 g/mol. The Morgan fingerprint density at radius 1 is 1.21 bits per heavy atom. The number of sulfonamides is 1. The number of hydrogen-bond donors (Lipinski definition) is 1. The molecule has 0 saturated heterocycles. The number of nitro benzene ring substituents is 1. The van der Waals surface area contributed by atoms with Crippen molar-refractivity contribution in [1.82, 2.24) is 4.83 Å². The van der Waals surface area contributed by atoms with Gasteiger partial charge >= 0.3 is 6.18 Å². The number of benzene rings is 2. The SMILES string of the molecule is CN(NS(C)(=O)=O)c1cc(Oc2ccc(C(F)(F)F)cc2Cl)ccc1[N+](=O)[O-]. The van der Waals surface area contributed by atoms with Crippen LogP contribution < -0.4 is 14.6 Å². The number of alkyl halides is 3. The van der Waals surface area contributed by atoms with Crippen LogP contribution in [0.25, 0.3) is 0 Å². The molecule has 0 radical (unpaired) electrons. The summed E-state index contributed by atoms with van der Waals surface area (Å²) >= 11 is 5.82. The third kappa shape index (κ3) is 5.47. The minimum absolute atomic E-state index is 0.00981. The zero-order valence-electron chi connectivity index (χ0n) is 14.3. The van der Waals surface area contributed by atoms with E-state index in [1.54, 1.807) is 0 Å². The smallest absolute Gasteiger partial charge is 0.416 e. The largest absolute Gasteiger partial charge is 0.456 e. The number of ether oxygens (including phenoxy) is 1. The molecule has 0 spiro atoms. The minimum atomic E-state index is -4.58. The fraction of sp³-hybridized carbons (Fsp3) is 0.200. The van der Waals surface area contributed by atoms with Crippen LogP contribution in [0.15, 0.2) is 36.4 Å². The molecule has 152 valence electrons. The van der Waals surface area contributed by atoms with Crippen molar-refractivity contribution in [2.24, 2.45) is 0 Å². The van der Waals surface area contributed by atoms with Crippen LogP contribution in [0, 0.1) is 10.1 Å². The standard InChI is InChI=1S/C15H13ClF3N3O5S/c1-21(20-28(2,25)26)13-8-10(4-5-12(13)22(23)24)27-14-6-3-9(7-11(14)16)15(17,18)19/h3-8,20H,1-2H3. The molecule has 28 heavy (non-hydrogen) atoms. The molecule has 0 saturated carbocycles. The lowest BCUT2D eigenvalue weighted by molar-refractivity contribution is -0.384. The number of rotatable bonds is 6. The second-order valence-electron chi connectivity index (χ2n) is 5.58. The molecule has 2 aromatic rings. The molecule has 0 unspecified atom stereocenters. The van der Waals surface area contributed by atoms with Crippen LogP contribution in [-0.4, -0.2) is 26.6 Å². The molecule has 0 aliphatic heterocycles. The Hall–Kier alpha value is -2.57. The van der Waals surface area contributed by atoms with Gasteiger partial charge in [-0.3, -0.25) is 15.1 Å². The monoisotopic (exact) mass is 439 g/mol. The molecule has 0 heterocycles. The van der Waals surface area contributed by atoms with Crippen molar-refractivity contribution in [2.75, 3.05) is 18.3 Å². The third-order valence-electron chi connectivity index (χ3n) is 3.29. The van der Waals surface area contributed by atoms with Crippen molar-refractivity contribution < 1.29 is 31.2 Å². The molecule has 0 atom stereocenters. The number of halogens is 4. The van der Waals surface area contributed by atoms with E-state index in [0.717, 1.165) is 35.5 Å². The first-order valence-corrected chi connectivity index (χ1v) is 9.59. The van der Waals surface area contributed by atoms with Crippen molar-refractivity contribution in [1.29, 1.82) is 0 Å². The van der Waals surface area contributed by atoms with Crippen LogP contribution in [0.3, 0.4) is 0 Å². The summed E-state index contributed by atoms with van der Waals surface area (Å²) in [5.41, 5.74) is -1.55. The van der Waals surface area contributed by atoms with Gasteiger partial charge < -0.3 is 4.74 Å². The van der Waals surface area contributed by atoms with Gasteiger partial charge in [-0.15, -0.1) is 4.83 Å².